The van der Waals surface area contributed by atoms with E-state index in [1.807, 2.05) is 13.8 Å². The molecule has 0 bridgehead atoms. The molecule has 1 aromatic carbocycles. The summed E-state index contributed by atoms with van der Waals surface area (Å²) in [7, 11) is 0. The molecule has 0 spiro atoms. The van der Waals surface area contributed by atoms with E-state index in [1.165, 1.54) is 6.07 Å². The normalized spacial score (nSPS) is 11.9. The SMILES string of the molecule is CC(C)C(N)C(=O)NCc1ccc(F)c(F)c1.Cl. The van der Waals surface area contributed by atoms with Crippen LogP contribution in [0.15, 0.2) is 18.2 Å². The molecule has 0 heterocycles. The largest absolute Gasteiger partial charge is 0.351 e. The van der Waals surface area contributed by atoms with Gasteiger partial charge in [-0.25, -0.2) is 8.78 Å². The fourth-order valence-electron chi connectivity index (χ4n) is 1.26. The van der Waals surface area contributed by atoms with Crippen molar-refractivity contribution in [3.8, 4) is 0 Å². The molecule has 3 N–H and O–H groups in total. The number of halogens is 3. The first-order valence-corrected chi connectivity index (χ1v) is 5.39. The molecule has 0 aliphatic rings. The summed E-state index contributed by atoms with van der Waals surface area (Å²) in [5, 5.41) is 2.57. The van der Waals surface area contributed by atoms with Crippen molar-refractivity contribution in [2.45, 2.75) is 26.4 Å². The van der Waals surface area contributed by atoms with Crippen LogP contribution in [0.2, 0.25) is 0 Å². The van der Waals surface area contributed by atoms with Gasteiger partial charge >= 0.3 is 0 Å². The van der Waals surface area contributed by atoms with Gasteiger partial charge in [0, 0.05) is 6.54 Å². The number of nitrogens with two attached hydrogens (primary N) is 1. The number of carbonyl (C=O) groups is 1. The Labute approximate surface area is 111 Å². The van der Waals surface area contributed by atoms with Gasteiger partial charge in [-0.15, -0.1) is 12.4 Å². The maximum absolute atomic E-state index is 12.9. The van der Waals surface area contributed by atoms with Crippen LogP contribution in [0, 0.1) is 17.6 Å². The Bertz CT molecular complexity index is 413. The summed E-state index contributed by atoms with van der Waals surface area (Å²) in [6.07, 6.45) is 0. The van der Waals surface area contributed by atoms with Crippen molar-refractivity contribution < 1.29 is 13.6 Å². The average Bonchev–Trinajstić information content (AvgIpc) is 2.29. The highest BCUT2D eigenvalue weighted by Gasteiger charge is 2.16. The van der Waals surface area contributed by atoms with Crippen LogP contribution in [0.1, 0.15) is 19.4 Å². The predicted octanol–water partition coefficient (Wildman–Crippen LogP) is 1.99. The van der Waals surface area contributed by atoms with Gasteiger partial charge in [0.1, 0.15) is 0 Å². The second-order valence-electron chi connectivity index (χ2n) is 4.24. The molecule has 0 fully saturated rings. The first kappa shape index (κ1) is 16.8. The molecule has 102 valence electrons. The Balaban J connectivity index is 0.00000289. The van der Waals surface area contributed by atoms with Gasteiger partial charge in [-0.1, -0.05) is 19.9 Å². The predicted molar refractivity (Wildman–Crippen MR) is 68.3 cm³/mol. The lowest BCUT2D eigenvalue weighted by atomic mass is 10.0. The van der Waals surface area contributed by atoms with Crippen LogP contribution in [0.3, 0.4) is 0 Å². The lowest BCUT2D eigenvalue weighted by Crippen LogP contribution is -2.43. The van der Waals surface area contributed by atoms with E-state index in [-0.39, 0.29) is 30.8 Å². The Morgan fingerprint density at radius 3 is 2.44 bits per heavy atom. The zero-order valence-electron chi connectivity index (χ0n) is 10.2. The third-order valence-corrected chi connectivity index (χ3v) is 2.47. The number of hydrogen-bond donors (Lipinski definition) is 2. The molecule has 1 aromatic rings. The third kappa shape index (κ3) is 4.58. The van der Waals surface area contributed by atoms with E-state index >= 15 is 0 Å². The number of amides is 1. The monoisotopic (exact) mass is 278 g/mol. The molecule has 0 aliphatic heterocycles. The quantitative estimate of drug-likeness (QED) is 0.885. The molecule has 1 unspecified atom stereocenters. The summed E-state index contributed by atoms with van der Waals surface area (Å²) in [5.74, 6) is -2.10. The van der Waals surface area contributed by atoms with Crippen LogP contribution in [0.25, 0.3) is 0 Å². The standard InChI is InChI=1S/C12H16F2N2O.ClH/c1-7(2)11(15)12(17)16-6-8-3-4-9(13)10(14)5-8;/h3-5,7,11H,6,15H2,1-2H3,(H,16,17);1H. The van der Waals surface area contributed by atoms with Gasteiger partial charge in [0.05, 0.1) is 6.04 Å². The summed E-state index contributed by atoms with van der Waals surface area (Å²) in [6.45, 7) is 3.81. The van der Waals surface area contributed by atoms with Gasteiger partial charge in [-0.2, -0.15) is 0 Å². The molecule has 1 amide bonds. The van der Waals surface area contributed by atoms with E-state index in [1.54, 1.807) is 0 Å². The molecule has 0 aliphatic carbocycles. The van der Waals surface area contributed by atoms with E-state index in [2.05, 4.69) is 5.32 Å². The van der Waals surface area contributed by atoms with Gasteiger partial charge in [-0.05, 0) is 23.6 Å². The molecular weight excluding hydrogens is 262 g/mol. The molecular formula is C12H17ClF2N2O. The van der Waals surface area contributed by atoms with Gasteiger partial charge in [0.15, 0.2) is 11.6 Å². The fourth-order valence-corrected chi connectivity index (χ4v) is 1.26. The Kier molecular flexibility index (Phi) is 6.80. The van der Waals surface area contributed by atoms with E-state index in [4.69, 9.17) is 5.73 Å². The van der Waals surface area contributed by atoms with Crippen LogP contribution >= 0.6 is 12.4 Å². The fraction of sp³-hybridized carbons (Fsp3) is 0.417. The van der Waals surface area contributed by atoms with Crippen molar-refractivity contribution in [1.82, 2.24) is 5.32 Å². The first-order valence-electron chi connectivity index (χ1n) is 5.39. The first-order chi connectivity index (χ1) is 7.91. The lowest BCUT2D eigenvalue weighted by Gasteiger charge is -2.15. The Morgan fingerprint density at radius 1 is 1.33 bits per heavy atom. The molecule has 1 atom stereocenters. The van der Waals surface area contributed by atoms with Crippen molar-refractivity contribution in [2.75, 3.05) is 0 Å². The van der Waals surface area contributed by atoms with Crippen LogP contribution in [-0.4, -0.2) is 11.9 Å². The van der Waals surface area contributed by atoms with E-state index in [0.717, 1.165) is 12.1 Å². The smallest absolute Gasteiger partial charge is 0.237 e. The summed E-state index contributed by atoms with van der Waals surface area (Å²) in [6, 6.07) is 2.90. The number of hydrogen-bond acceptors (Lipinski definition) is 2. The van der Waals surface area contributed by atoms with Gasteiger partial charge < -0.3 is 11.1 Å². The number of rotatable bonds is 4. The summed E-state index contributed by atoms with van der Waals surface area (Å²) in [5.41, 5.74) is 6.13. The maximum atomic E-state index is 12.9. The highest BCUT2D eigenvalue weighted by molar-refractivity contribution is 5.85. The van der Waals surface area contributed by atoms with Gasteiger partial charge in [-0.3, -0.25) is 4.79 Å². The molecule has 18 heavy (non-hydrogen) atoms. The van der Waals surface area contributed by atoms with Crippen molar-refractivity contribution in [2.24, 2.45) is 11.7 Å². The lowest BCUT2D eigenvalue weighted by molar-refractivity contribution is -0.123. The third-order valence-electron chi connectivity index (χ3n) is 2.47. The molecule has 1 rings (SSSR count). The topological polar surface area (TPSA) is 55.1 Å². The van der Waals surface area contributed by atoms with Gasteiger partial charge in [0.2, 0.25) is 5.91 Å². The summed E-state index contributed by atoms with van der Waals surface area (Å²) >= 11 is 0. The molecule has 0 radical (unpaired) electrons. The minimum Gasteiger partial charge on any atom is -0.351 e. The van der Waals surface area contributed by atoms with Crippen molar-refractivity contribution in [1.29, 1.82) is 0 Å². The zero-order chi connectivity index (χ0) is 13.0. The second-order valence-corrected chi connectivity index (χ2v) is 4.24. The van der Waals surface area contributed by atoms with Crippen molar-refractivity contribution in [3.05, 3.63) is 35.4 Å². The molecule has 0 saturated carbocycles. The molecule has 6 heteroatoms. The number of nitrogens with one attached hydrogen (secondary N) is 1. The zero-order valence-corrected chi connectivity index (χ0v) is 11.1. The Hall–Kier alpha value is -1.20. The van der Waals surface area contributed by atoms with Crippen molar-refractivity contribution in [3.63, 3.8) is 0 Å². The van der Waals surface area contributed by atoms with Crippen LogP contribution in [0.5, 0.6) is 0 Å². The van der Waals surface area contributed by atoms with Crippen LogP contribution in [0.4, 0.5) is 8.78 Å². The highest BCUT2D eigenvalue weighted by Crippen LogP contribution is 2.08. The average molecular weight is 279 g/mol. The van der Waals surface area contributed by atoms with Gasteiger partial charge in [0.25, 0.3) is 0 Å². The van der Waals surface area contributed by atoms with E-state index in [9.17, 15) is 13.6 Å². The minimum atomic E-state index is -0.926. The highest BCUT2D eigenvalue weighted by atomic mass is 35.5. The maximum Gasteiger partial charge on any atom is 0.237 e. The minimum absolute atomic E-state index is 0. The van der Waals surface area contributed by atoms with E-state index in [0.29, 0.717) is 5.56 Å². The Morgan fingerprint density at radius 2 is 1.94 bits per heavy atom. The van der Waals surface area contributed by atoms with Crippen molar-refractivity contribution >= 4 is 18.3 Å². The molecule has 3 nitrogen and oxygen atoms in total. The number of benzene rings is 1. The van der Waals surface area contributed by atoms with Crippen LogP contribution in [-0.2, 0) is 11.3 Å². The molecule has 0 saturated heterocycles. The van der Waals surface area contributed by atoms with Crippen LogP contribution < -0.4 is 11.1 Å². The summed E-state index contributed by atoms with van der Waals surface area (Å²) < 4.78 is 25.5. The van der Waals surface area contributed by atoms with E-state index < -0.39 is 17.7 Å². The molecule has 0 aromatic heterocycles. The number of carbonyl (C=O) groups excluding carboxylic acids is 1. The summed E-state index contributed by atoms with van der Waals surface area (Å²) in [4.78, 5) is 11.5. The second kappa shape index (κ2) is 7.28.